The normalized spacial score (nSPS) is 21.2. The zero-order valence-corrected chi connectivity index (χ0v) is 11.1. The van der Waals surface area contributed by atoms with E-state index in [4.69, 9.17) is 10.5 Å². The average molecular weight is 248 g/mol. The van der Waals surface area contributed by atoms with Crippen LogP contribution in [0.5, 0.6) is 0 Å². The molecule has 0 fully saturated rings. The molecule has 0 saturated carbocycles. The first-order chi connectivity index (χ1) is 8.54. The largest absolute Gasteiger partial charge is 0.468 e. The van der Waals surface area contributed by atoms with Crippen molar-refractivity contribution in [2.75, 3.05) is 12.8 Å². The van der Waals surface area contributed by atoms with E-state index in [2.05, 4.69) is 17.9 Å². The fourth-order valence-electron chi connectivity index (χ4n) is 2.64. The molecule has 0 aliphatic carbocycles. The first-order valence-electron chi connectivity index (χ1n) is 6.24. The van der Waals surface area contributed by atoms with Gasteiger partial charge in [0.15, 0.2) is 0 Å². The third-order valence-electron chi connectivity index (χ3n) is 3.77. The van der Waals surface area contributed by atoms with E-state index < -0.39 is 0 Å². The second kappa shape index (κ2) is 4.98. The minimum atomic E-state index is -0.223. The van der Waals surface area contributed by atoms with Gasteiger partial charge in [-0.1, -0.05) is 12.1 Å². The predicted molar refractivity (Wildman–Crippen MR) is 71.0 cm³/mol. The van der Waals surface area contributed by atoms with Gasteiger partial charge in [-0.25, -0.2) is 0 Å². The first-order valence-corrected chi connectivity index (χ1v) is 6.24. The van der Waals surface area contributed by atoms with Crippen LogP contribution in [0.3, 0.4) is 0 Å². The summed E-state index contributed by atoms with van der Waals surface area (Å²) in [6.07, 6.45) is 0.878. The number of anilines is 1. The third-order valence-corrected chi connectivity index (χ3v) is 3.77. The van der Waals surface area contributed by atoms with Gasteiger partial charge in [-0.05, 0) is 37.5 Å². The van der Waals surface area contributed by atoms with E-state index in [0.29, 0.717) is 0 Å². The molecule has 1 aliphatic heterocycles. The van der Waals surface area contributed by atoms with Gasteiger partial charge in [0.2, 0.25) is 0 Å². The van der Waals surface area contributed by atoms with Crippen molar-refractivity contribution in [1.29, 1.82) is 0 Å². The molecule has 1 heterocycles. The van der Waals surface area contributed by atoms with Crippen molar-refractivity contribution >= 4 is 11.7 Å². The Bertz CT molecular complexity index is 459. The van der Waals surface area contributed by atoms with Gasteiger partial charge in [0.05, 0.1) is 7.11 Å². The van der Waals surface area contributed by atoms with Crippen LogP contribution in [0.15, 0.2) is 18.2 Å². The lowest BCUT2D eigenvalue weighted by molar-refractivity contribution is -0.147. The topological polar surface area (TPSA) is 55.6 Å². The third kappa shape index (κ3) is 2.20. The number of hydrogen-bond donors (Lipinski definition) is 1. The average Bonchev–Trinajstić information content (AvgIpc) is 2.37. The number of nitrogens with zero attached hydrogens (tertiary/aromatic N) is 1. The van der Waals surface area contributed by atoms with Crippen molar-refractivity contribution in [1.82, 2.24) is 4.90 Å². The number of carbonyl (C=O) groups is 1. The van der Waals surface area contributed by atoms with Gasteiger partial charge in [-0.15, -0.1) is 0 Å². The Labute approximate surface area is 108 Å². The number of carbonyl (C=O) groups excluding carboxylic acids is 1. The molecule has 0 radical (unpaired) electrons. The van der Waals surface area contributed by atoms with E-state index in [-0.39, 0.29) is 18.1 Å². The molecule has 1 aliphatic rings. The quantitative estimate of drug-likeness (QED) is 0.637. The monoisotopic (exact) mass is 248 g/mol. The standard InChI is InChI=1S/C14H20N2O2/c1-9-7-12-11(5-4-6-13(12)15)8-16(9)10(2)14(17)18-3/h4-6,9-10H,7-8,15H2,1-3H3. The number of rotatable bonds is 2. The van der Waals surface area contributed by atoms with Gasteiger partial charge >= 0.3 is 5.97 Å². The summed E-state index contributed by atoms with van der Waals surface area (Å²) >= 11 is 0. The zero-order valence-electron chi connectivity index (χ0n) is 11.1. The van der Waals surface area contributed by atoms with Gasteiger partial charge in [-0.2, -0.15) is 0 Å². The minimum absolute atomic E-state index is 0.186. The molecule has 1 aromatic carbocycles. The van der Waals surface area contributed by atoms with E-state index in [1.54, 1.807) is 0 Å². The molecule has 2 unspecified atom stereocenters. The van der Waals surface area contributed by atoms with E-state index in [0.717, 1.165) is 18.7 Å². The van der Waals surface area contributed by atoms with Crippen molar-refractivity contribution in [2.24, 2.45) is 0 Å². The summed E-state index contributed by atoms with van der Waals surface area (Å²) < 4.78 is 4.82. The fraction of sp³-hybridized carbons (Fsp3) is 0.500. The van der Waals surface area contributed by atoms with Crippen LogP contribution < -0.4 is 5.73 Å². The number of ether oxygens (including phenoxy) is 1. The van der Waals surface area contributed by atoms with Crippen molar-refractivity contribution < 1.29 is 9.53 Å². The molecule has 2 rings (SSSR count). The first kappa shape index (κ1) is 12.9. The summed E-state index contributed by atoms with van der Waals surface area (Å²) in [5.41, 5.74) is 9.29. The highest BCUT2D eigenvalue weighted by Crippen LogP contribution is 2.28. The van der Waals surface area contributed by atoms with E-state index in [1.807, 2.05) is 19.1 Å². The Morgan fingerprint density at radius 2 is 2.28 bits per heavy atom. The molecule has 18 heavy (non-hydrogen) atoms. The van der Waals surface area contributed by atoms with Gasteiger partial charge in [0.1, 0.15) is 6.04 Å². The van der Waals surface area contributed by atoms with Crippen LogP contribution in [0.2, 0.25) is 0 Å². The van der Waals surface area contributed by atoms with Gasteiger partial charge in [-0.3, -0.25) is 9.69 Å². The van der Waals surface area contributed by atoms with Crippen LogP contribution in [0.1, 0.15) is 25.0 Å². The maximum absolute atomic E-state index is 11.6. The number of fused-ring (bicyclic) bond motifs is 1. The molecule has 0 saturated heterocycles. The Morgan fingerprint density at radius 1 is 1.56 bits per heavy atom. The summed E-state index contributed by atoms with van der Waals surface area (Å²) in [7, 11) is 1.43. The summed E-state index contributed by atoms with van der Waals surface area (Å²) in [4.78, 5) is 13.8. The van der Waals surface area contributed by atoms with Crippen LogP contribution in [-0.4, -0.2) is 30.1 Å². The van der Waals surface area contributed by atoms with Gasteiger partial charge < -0.3 is 10.5 Å². The second-order valence-electron chi connectivity index (χ2n) is 4.91. The molecule has 2 N–H and O–H groups in total. The van der Waals surface area contributed by atoms with E-state index in [9.17, 15) is 4.79 Å². The van der Waals surface area contributed by atoms with E-state index >= 15 is 0 Å². The van der Waals surface area contributed by atoms with Crippen molar-refractivity contribution in [3.63, 3.8) is 0 Å². The van der Waals surface area contributed by atoms with E-state index in [1.165, 1.54) is 18.2 Å². The van der Waals surface area contributed by atoms with Crippen LogP contribution >= 0.6 is 0 Å². The van der Waals surface area contributed by atoms with Crippen molar-refractivity contribution in [3.05, 3.63) is 29.3 Å². The maximum Gasteiger partial charge on any atom is 0.322 e. The summed E-state index contributed by atoms with van der Waals surface area (Å²) in [6.45, 7) is 4.76. The molecule has 2 atom stereocenters. The minimum Gasteiger partial charge on any atom is -0.468 e. The summed E-state index contributed by atoms with van der Waals surface area (Å²) in [5, 5.41) is 0. The number of hydrogen-bond acceptors (Lipinski definition) is 4. The molecule has 0 bridgehead atoms. The number of nitrogen functional groups attached to an aromatic ring is 1. The number of esters is 1. The van der Waals surface area contributed by atoms with Gasteiger partial charge in [0, 0.05) is 18.3 Å². The van der Waals surface area contributed by atoms with Crippen molar-refractivity contribution in [3.8, 4) is 0 Å². The highest BCUT2D eigenvalue weighted by molar-refractivity contribution is 5.75. The number of benzene rings is 1. The zero-order chi connectivity index (χ0) is 13.3. The molecule has 4 nitrogen and oxygen atoms in total. The Kier molecular flexibility index (Phi) is 3.57. The van der Waals surface area contributed by atoms with Crippen LogP contribution in [0.25, 0.3) is 0 Å². The predicted octanol–water partition coefficient (Wildman–Crippen LogP) is 1.58. The lowest BCUT2D eigenvalue weighted by Crippen LogP contribution is -2.47. The van der Waals surface area contributed by atoms with Crippen LogP contribution in [-0.2, 0) is 22.5 Å². The van der Waals surface area contributed by atoms with Crippen molar-refractivity contribution in [2.45, 2.75) is 38.9 Å². The molecular weight excluding hydrogens is 228 g/mol. The molecule has 0 aromatic heterocycles. The number of methoxy groups -OCH3 is 1. The SMILES string of the molecule is COC(=O)C(C)N1Cc2cccc(N)c2CC1C. The highest BCUT2D eigenvalue weighted by Gasteiger charge is 2.31. The molecule has 0 amide bonds. The highest BCUT2D eigenvalue weighted by atomic mass is 16.5. The Morgan fingerprint density at radius 3 is 2.94 bits per heavy atom. The maximum atomic E-state index is 11.6. The summed E-state index contributed by atoms with van der Waals surface area (Å²) in [6, 6.07) is 6.04. The molecule has 4 heteroatoms. The van der Waals surface area contributed by atoms with Crippen LogP contribution in [0, 0.1) is 0 Å². The second-order valence-corrected chi connectivity index (χ2v) is 4.91. The lowest BCUT2D eigenvalue weighted by Gasteiger charge is -2.38. The Hall–Kier alpha value is -1.55. The fourth-order valence-corrected chi connectivity index (χ4v) is 2.64. The molecule has 98 valence electrons. The van der Waals surface area contributed by atoms with Gasteiger partial charge in [0.25, 0.3) is 0 Å². The van der Waals surface area contributed by atoms with Crippen LogP contribution in [0.4, 0.5) is 5.69 Å². The molecule has 0 spiro atoms. The summed E-state index contributed by atoms with van der Waals surface area (Å²) in [5.74, 6) is -0.186. The lowest BCUT2D eigenvalue weighted by atomic mass is 9.92. The smallest absolute Gasteiger partial charge is 0.322 e. The molecule has 1 aromatic rings. The Balaban J connectivity index is 2.26. The number of nitrogens with two attached hydrogens (primary N) is 1. The molecular formula is C14H20N2O2.